The zero-order valence-electron chi connectivity index (χ0n) is 20.1. The van der Waals surface area contributed by atoms with Crippen LogP contribution < -0.4 is 5.32 Å². The molecule has 4 rings (SSSR count). The van der Waals surface area contributed by atoms with Crippen LogP contribution in [0, 0.1) is 0 Å². The second-order valence-electron chi connectivity index (χ2n) is 8.59. The van der Waals surface area contributed by atoms with Crippen molar-refractivity contribution >= 4 is 11.9 Å². The summed E-state index contributed by atoms with van der Waals surface area (Å²) in [5, 5.41) is 11.8. The van der Waals surface area contributed by atoms with Crippen molar-refractivity contribution in [3.05, 3.63) is 120 Å². The third-order valence-corrected chi connectivity index (χ3v) is 5.86. The summed E-state index contributed by atoms with van der Waals surface area (Å²) in [6, 6.07) is 28.5. The van der Waals surface area contributed by atoms with E-state index in [2.05, 4.69) is 5.32 Å². The van der Waals surface area contributed by atoms with Crippen molar-refractivity contribution in [1.29, 1.82) is 0 Å². The molecular formula is C30H24F3NO4. The minimum absolute atomic E-state index is 0.0974. The predicted octanol–water partition coefficient (Wildman–Crippen LogP) is 6.79. The van der Waals surface area contributed by atoms with E-state index in [4.69, 9.17) is 4.74 Å². The topological polar surface area (TPSA) is 75.6 Å². The normalized spacial score (nSPS) is 12.1. The number of carbonyl (C=O) groups excluding carboxylic acids is 1. The average molecular weight is 520 g/mol. The lowest BCUT2D eigenvalue weighted by Crippen LogP contribution is -2.38. The summed E-state index contributed by atoms with van der Waals surface area (Å²) in [7, 11) is 0. The van der Waals surface area contributed by atoms with Gasteiger partial charge in [-0.05, 0) is 52.1 Å². The maximum absolute atomic E-state index is 12.8. The van der Waals surface area contributed by atoms with Gasteiger partial charge in [-0.2, -0.15) is 13.2 Å². The first-order valence-corrected chi connectivity index (χ1v) is 11.8. The Kier molecular flexibility index (Phi) is 8.23. The van der Waals surface area contributed by atoms with Crippen molar-refractivity contribution < 1.29 is 32.6 Å². The van der Waals surface area contributed by atoms with Crippen molar-refractivity contribution in [2.24, 2.45) is 0 Å². The minimum Gasteiger partial charge on any atom is -0.481 e. The molecule has 5 nitrogen and oxygen atoms in total. The summed E-state index contributed by atoms with van der Waals surface area (Å²) in [5.74, 6) is -1.66. The number of aliphatic carboxylic acids is 1. The number of ether oxygens (including phenoxy) is 1. The molecule has 38 heavy (non-hydrogen) atoms. The molecule has 0 bridgehead atoms. The molecule has 0 aliphatic rings. The molecule has 0 saturated heterocycles. The van der Waals surface area contributed by atoms with Gasteiger partial charge in [-0.15, -0.1) is 0 Å². The van der Waals surface area contributed by atoms with Gasteiger partial charge in [0.2, 0.25) is 0 Å². The largest absolute Gasteiger partial charge is 0.481 e. The SMILES string of the molecule is O=C(O)CC(NC(=O)c1ccc(-c2ccc(C(F)(F)F)cc2)cc1)OCc1ccc(-c2ccccc2)cc1. The van der Waals surface area contributed by atoms with Gasteiger partial charge in [0, 0.05) is 5.56 Å². The zero-order valence-corrected chi connectivity index (χ0v) is 20.1. The van der Waals surface area contributed by atoms with Crippen LogP contribution in [0.15, 0.2) is 103 Å². The minimum atomic E-state index is -4.42. The van der Waals surface area contributed by atoms with E-state index >= 15 is 0 Å². The fourth-order valence-electron chi connectivity index (χ4n) is 3.83. The molecule has 0 fully saturated rings. The van der Waals surface area contributed by atoms with Crippen molar-refractivity contribution in [3.8, 4) is 22.3 Å². The maximum Gasteiger partial charge on any atom is 0.416 e. The standard InChI is InChI=1S/C30H24F3NO4/c31-30(32,33)26-16-14-24(15-17-26)23-10-12-25(13-11-23)29(37)34-27(18-28(35)36)38-19-20-6-8-22(9-7-20)21-4-2-1-3-5-21/h1-17,27H,18-19H2,(H,34,37)(H,35,36). The Morgan fingerprint density at radius 1 is 0.737 bits per heavy atom. The molecule has 0 spiro atoms. The van der Waals surface area contributed by atoms with Crippen LogP contribution in [-0.4, -0.2) is 23.2 Å². The number of alkyl halides is 3. The molecule has 0 heterocycles. The lowest BCUT2D eigenvalue weighted by atomic mass is 10.0. The first-order valence-electron chi connectivity index (χ1n) is 11.8. The third kappa shape index (κ3) is 7.08. The molecule has 2 N–H and O–H groups in total. The second-order valence-corrected chi connectivity index (χ2v) is 8.59. The lowest BCUT2D eigenvalue weighted by Gasteiger charge is -2.18. The summed E-state index contributed by atoms with van der Waals surface area (Å²) < 4.78 is 44.1. The molecule has 4 aromatic carbocycles. The fraction of sp³-hybridized carbons (Fsp3) is 0.133. The number of amides is 1. The predicted molar refractivity (Wildman–Crippen MR) is 137 cm³/mol. The molecule has 1 unspecified atom stereocenters. The van der Waals surface area contributed by atoms with Crippen LogP contribution in [-0.2, 0) is 22.3 Å². The molecule has 8 heteroatoms. The Balaban J connectivity index is 1.38. The van der Waals surface area contributed by atoms with E-state index in [1.165, 1.54) is 24.3 Å². The Hall–Kier alpha value is -4.43. The number of rotatable bonds is 9. The summed E-state index contributed by atoms with van der Waals surface area (Å²) in [6.45, 7) is 0.0974. The number of carboxylic acids is 1. The van der Waals surface area contributed by atoms with Gasteiger partial charge < -0.3 is 15.2 Å². The number of hydrogen-bond acceptors (Lipinski definition) is 3. The number of carbonyl (C=O) groups is 2. The van der Waals surface area contributed by atoms with Crippen molar-refractivity contribution in [2.45, 2.75) is 25.4 Å². The highest BCUT2D eigenvalue weighted by Crippen LogP contribution is 2.31. The van der Waals surface area contributed by atoms with Gasteiger partial charge in [0.1, 0.15) is 6.23 Å². The molecule has 0 saturated carbocycles. The quantitative estimate of drug-likeness (QED) is 0.239. The Labute approximate surface area is 217 Å². The van der Waals surface area contributed by atoms with Crippen LogP contribution in [0.25, 0.3) is 22.3 Å². The van der Waals surface area contributed by atoms with Gasteiger partial charge in [0.15, 0.2) is 0 Å². The van der Waals surface area contributed by atoms with Crippen LogP contribution in [0.3, 0.4) is 0 Å². The van der Waals surface area contributed by atoms with Crippen LogP contribution in [0.5, 0.6) is 0 Å². The van der Waals surface area contributed by atoms with E-state index in [-0.39, 0.29) is 12.2 Å². The second kappa shape index (κ2) is 11.7. The first kappa shape index (κ1) is 26.6. The highest BCUT2D eigenvalue weighted by molar-refractivity contribution is 5.95. The van der Waals surface area contributed by atoms with E-state index in [0.29, 0.717) is 11.1 Å². The summed E-state index contributed by atoms with van der Waals surface area (Å²) in [5.41, 5.74) is 3.63. The van der Waals surface area contributed by atoms with Crippen molar-refractivity contribution in [1.82, 2.24) is 5.32 Å². The van der Waals surface area contributed by atoms with Crippen LogP contribution >= 0.6 is 0 Å². The van der Waals surface area contributed by atoms with Gasteiger partial charge in [0.05, 0.1) is 18.6 Å². The van der Waals surface area contributed by atoms with Gasteiger partial charge in [-0.25, -0.2) is 0 Å². The van der Waals surface area contributed by atoms with Crippen molar-refractivity contribution in [3.63, 3.8) is 0 Å². The van der Waals surface area contributed by atoms with Crippen molar-refractivity contribution in [2.75, 3.05) is 0 Å². The summed E-state index contributed by atoms with van der Waals surface area (Å²) in [6.07, 6.45) is -5.92. The third-order valence-electron chi connectivity index (χ3n) is 5.86. The molecule has 4 aromatic rings. The van der Waals surface area contributed by atoms with Crippen LogP contribution in [0.1, 0.15) is 27.9 Å². The number of hydrogen-bond donors (Lipinski definition) is 2. The number of carboxylic acid groups (broad SMARTS) is 1. The number of nitrogens with one attached hydrogen (secondary N) is 1. The smallest absolute Gasteiger partial charge is 0.416 e. The zero-order chi connectivity index (χ0) is 27.1. The van der Waals surface area contributed by atoms with E-state index in [0.717, 1.165) is 28.8 Å². The van der Waals surface area contributed by atoms with Gasteiger partial charge >= 0.3 is 12.1 Å². The molecule has 0 radical (unpaired) electrons. The molecular weight excluding hydrogens is 495 g/mol. The Morgan fingerprint density at radius 3 is 1.76 bits per heavy atom. The molecule has 0 aliphatic heterocycles. The molecule has 194 valence electrons. The summed E-state index contributed by atoms with van der Waals surface area (Å²) >= 11 is 0. The first-order chi connectivity index (χ1) is 18.2. The van der Waals surface area contributed by atoms with E-state index in [9.17, 15) is 27.9 Å². The maximum atomic E-state index is 12.8. The van der Waals surface area contributed by atoms with Crippen LogP contribution in [0.4, 0.5) is 13.2 Å². The van der Waals surface area contributed by atoms with Gasteiger partial charge in [0.25, 0.3) is 5.91 Å². The fourth-order valence-corrected chi connectivity index (χ4v) is 3.83. The van der Waals surface area contributed by atoms with E-state index in [1.807, 2.05) is 54.6 Å². The van der Waals surface area contributed by atoms with E-state index < -0.39 is 36.3 Å². The monoisotopic (exact) mass is 519 g/mol. The molecule has 1 amide bonds. The Morgan fingerprint density at radius 2 is 1.24 bits per heavy atom. The lowest BCUT2D eigenvalue weighted by molar-refractivity contribution is -0.141. The van der Waals surface area contributed by atoms with Gasteiger partial charge in [-0.3, -0.25) is 9.59 Å². The van der Waals surface area contributed by atoms with E-state index in [1.54, 1.807) is 12.1 Å². The number of halogens is 3. The molecule has 1 atom stereocenters. The number of benzene rings is 4. The summed E-state index contributed by atoms with van der Waals surface area (Å²) in [4.78, 5) is 24.1. The van der Waals surface area contributed by atoms with Crippen LogP contribution in [0.2, 0.25) is 0 Å². The highest BCUT2D eigenvalue weighted by atomic mass is 19.4. The highest BCUT2D eigenvalue weighted by Gasteiger charge is 2.30. The average Bonchev–Trinajstić information content (AvgIpc) is 2.92. The van der Waals surface area contributed by atoms with Gasteiger partial charge in [-0.1, -0.05) is 78.9 Å². The Bertz CT molecular complexity index is 1370. The molecule has 0 aromatic heterocycles. The molecule has 0 aliphatic carbocycles.